The molecule has 2 rings (SSSR count). The van der Waals surface area contributed by atoms with Gasteiger partial charge in [-0.05, 0) is 12.1 Å². The second-order valence-electron chi connectivity index (χ2n) is 2.98. The van der Waals surface area contributed by atoms with Crippen molar-refractivity contribution < 1.29 is 4.74 Å². The third kappa shape index (κ3) is 1.60. The minimum Gasteiger partial charge on any atom is -0.497 e. The van der Waals surface area contributed by atoms with Crippen molar-refractivity contribution in [3.05, 3.63) is 35.0 Å². The summed E-state index contributed by atoms with van der Waals surface area (Å²) < 4.78 is 5.07. The highest BCUT2D eigenvalue weighted by molar-refractivity contribution is 6.32. The Morgan fingerprint density at radius 1 is 1.47 bits per heavy atom. The van der Waals surface area contributed by atoms with Crippen LogP contribution in [0.1, 0.15) is 5.56 Å². The molecule has 3 nitrogen and oxygen atoms in total. The van der Waals surface area contributed by atoms with E-state index in [1.54, 1.807) is 25.3 Å². The van der Waals surface area contributed by atoms with E-state index in [0.717, 1.165) is 5.39 Å². The van der Waals surface area contributed by atoms with Gasteiger partial charge in [0.25, 0.3) is 0 Å². The van der Waals surface area contributed by atoms with Gasteiger partial charge in [0.05, 0.1) is 23.2 Å². The largest absolute Gasteiger partial charge is 0.497 e. The highest BCUT2D eigenvalue weighted by Gasteiger charge is 2.07. The summed E-state index contributed by atoms with van der Waals surface area (Å²) in [5, 5.41) is 10.1. The highest BCUT2D eigenvalue weighted by atomic mass is 35.5. The van der Waals surface area contributed by atoms with Crippen LogP contribution in [0.15, 0.2) is 24.4 Å². The molecule has 0 bridgehead atoms. The molecule has 0 fully saturated rings. The molecule has 0 aliphatic carbocycles. The number of hydrogen-bond acceptors (Lipinski definition) is 3. The van der Waals surface area contributed by atoms with Gasteiger partial charge in [-0.3, -0.25) is 4.98 Å². The zero-order chi connectivity index (χ0) is 10.8. The summed E-state index contributed by atoms with van der Waals surface area (Å²) >= 11 is 5.86. The van der Waals surface area contributed by atoms with E-state index in [1.807, 2.05) is 0 Å². The fourth-order valence-electron chi connectivity index (χ4n) is 1.39. The van der Waals surface area contributed by atoms with Crippen molar-refractivity contribution in [2.45, 2.75) is 0 Å². The molecule has 0 atom stereocenters. The second-order valence-corrected chi connectivity index (χ2v) is 3.38. The molecule has 0 amide bonds. The number of nitrogens with zero attached hydrogens (tertiary/aromatic N) is 2. The van der Waals surface area contributed by atoms with Gasteiger partial charge in [-0.25, -0.2) is 0 Å². The molecule has 0 aliphatic heterocycles. The molecule has 2 aromatic rings. The summed E-state index contributed by atoms with van der Waals surface area (Å²) in [5.41, 5.74) is 1.15. The monoisotopic (exact) mass is 218 g/mol. The third-order valence-electron chi connectivity index (χ3n) is 2.14. The van der Waals surface area contributed by atoms with Gasteiger partial charge < -0.3 is 4.74 Å². The van der Waals surface area contributed by atoms with E-state index in [9.17, 15) is 0 Å². The lowest BCUT2D eigenvalue weighted by atomic mass is 10.1. The Balaban J connectivity index is 2.79. The highest BCUT2D eigenvalue weighted by Crippen LogP contribution is 2.26. The van der Waals surface area contributed by atoms with Crippen LogP contribution in [0.5, 0.6) is 5.75 Å². The summed E-state index contributed by atoms with van der Waals surface area (Å²) in [6.07, 6.45) is 1.47. The average molecular weight is 219 g/mol. The van der Waals surface area contributed by atoms with E-state index in [-0.39, 0.29) is 0 Å². The van der Waals surface area contributed by atoms with Crippen molar-refractivity contribution in [1.29, 1.82) is 5.26 Å². The third-order valence-corrected chi connectivity index (χ3v) is 2.43. The molecule has 0 saturated heterocycles. The fourth-order valence-corrected chi connectivity index (χ4v) is 1.58. The summed E-state index contributed by atoms with van der Waals surface area (Å²) in [6.45, 7) is 0. The lowest BCUT2D eigenvalue weighted by Crippen LogP contribution is -1.88. The number of fused-ring (bicyclic) bond motifs is 1. The second kappa shape index (κ2) is 3.76. The maximum atomic E-state index is 8.95. The van der Waals surface area contributed by atoms with Crippen LogP contribution >= 0.6 is 11.6 Å². The number of rotatable bonds is 1. The summed E-state index contributed by atoms with van der Waals surface area (Å²) in [4.78, 5) is 4.13. The van der Waals surface area contributed by atoms with E-state index >= 15 is 0 Å². The van der Waals surface area contributed by atoms with Crippen molar-refractivity contribution in [2.75, 3.05) is 7.11 Å². The van der Waals surface area contributed by atoms with Gasteiger partial charge in [0.15, 0.2) is 0 Å². The standard InChI is InChI=1S/C11H7ClN2O/c1-15-7-2-3-8-9(5-13)10(12)6-14-11(8)4-7/h2-4,6H,1H3. The first-order chi connectivity index (χ1) is 7.26. The molecule has 74 valence electrons. The van der Waals surface area contributed by atoms with E-state index in [2.05, 4.69) is 11.1 Å². The lowest BCUT2D eigenvalue weighted by Gasteiger charge is -2.03. The Bertz CT molecular complexity index is 560. The zero-order valence-corrected chi connectivity index (χ0v) is 8.75. The average Bonchev–Trinajstić information content (AvgIpc) is 2.28. The number of aromatic nitrogens is 1. The molecular formula is C11H7ClN2O. The first-order valence-electron chi connectivity index (χ1n) is 4.28. The number of halogens is 1. The van der Waals surface area contributed by atoms with E-state index < -0.39 is 0 Å². The lowest BCUT2D eigenvalue weighted by molar-refractivity contribution is 0.415. The molecule has 0 spiro atoms. The molecule has 1 aromatic carbocycles. The van der Waals surface area contributed by atoms with Gasteiger partial charge in [0, 0.05) is 17.6 Å². The number of pyridine rings is 1. The van der Waals surface area contributed by atoms with Gasteiger partial charge in [0.2, 0.25) is 0 Å². The molecule has 0 aliphatic rings. The minimum atomic E-state index is 0.371. The van der Waals surface area contributed by atoms with Crippen LogP contribution in [0.2, 0.25) is 5.02 Å². The Morgan fingerprint density at radius 2 is 2.27 bits per heavy atom. The van der Waals surface area contributed by atoms with Gasteiger partial charge in [-0.2, -0.15) is 5.26 Å². The molecule has 4 heteroatoms. The Labute approximate surface area is 91.9 Å². The number of ether oxygens (including phenoxy) is 1. The number of benzene rings is 1. The maximum Gasteiger partial charge on any atom is 0.121 e. The molecule has 1 aromatic heterocycles. The molecular weight excluding hydrogens is 212 g/mol. The Morgan fingerprint density at radius 3 is 2.93 bits per heavy atom. The van der Waals surface area contributed by atoms with Crippen molar-refractivity contribution in [2.24, 2.45) is 0 Å². The SMILES string of the molecule is COc1ccc2c(C#N)c(Cl)cnc2c1. The van der Waals surface area contributed by atoms with Crippen molar-refractivity contribution in [3.8, 4) is 11.8 Å². The summed E-state index contributed by atoms with van der Waals surface area (Å²) in [6, 6.07) is 7.40. The normalized spacial score (nSPS) is 9.93. The molecule has 0 radical (unpaired) electrons. The smallest absolute Gasteiger partial charge is 0.121 e. The van der Waals surface area contributed by atoms with E-state index in [1.165, 1.54) is 6.20 Å². The number of hydrogen-bond donors (Lipinski definition) is 0. The van der Waals surface area contributed by atoms with Gasteiger partial charge in [-0.15, -0.1) is 0 Å². The van der Waals surface area contributed by atoms with Crippen molar-refractivity contribution in [1.82, 2.24) is 4.98 Å². The van der Waals surface area contributed by atoms with Crippen LogP contribution in [-0.4, -0.2) is 12.1 Å². The predicted octanol–water partition coefficient (Wildman–Crippen LogP) is 2.77. The first-order valence-corrected chi connectivity index (χ1v) is 4.66. The van der Waals surface area contributed by atoms with Crippen LogP contribution in [-0.2, 0) is 0 Å². The van der Waals surface area contributed by atoms with Crippen LogP contribution in [0.25, 0.3) is 10.9 Å². The van der Waals surface area contributed by atoms with Crippen LogP contribution in [0.4, 0.5) is 0 Å². The predicted molar refractivity (Wildman–Crippen MR) is 58.0 cm³/mol. The molecule has 1 heterocycles. The fraction of sp³-hybridized carbons (Fsp3) is 0.0909. The van der Waals surface area contributed by atoms with E-state index in [0.29, 0.717) is 21.9 Å². The topological polar surface area (TPSA) is 45.9 Å². The summed E-state index contributed by atoms with van der Waals surface area (Å²) in [7, 11) is 1.59. The van der Waals surface area contributed by atoms with Gasteiger partial charge in [0.1, 0.15) is 11.8 Å². The van der Waals surface area contributed by atoms with Crippen LogP contribution in [0, 0.1) is 11.3 Å². The van der Waals surface area contributed by atoms with E-state index in [4.69, 9.17) is 21.6 Å². The van der Waals surface area contributed by atoms with Gasteiger partial charge >= 0.3 is 0 Å². The molecule has 0 unspecified atom stereocenters. The number of nitriles is 1. The minimum absolute atomic E-state index is 0.371. The molecule has 0 saturated carbocycles. The van der Waals surface area contributed by atoms with Crippen molar-refractivity contribution >= 4 is 22.5 Å². The zero-order valence-electron chi connectivity index (χ0n) is 7.99. The Kier molecular flexibility index (Phi) is 2.44. The van der Waals surface area contributed by atoms with Gasteiger partial charge in [-0.1, -0.05) is 11.6 Å². The van der Waals surface area contributed by atoms with Crippen LogP contribution < -0.4 is 4.74 Å². The quantitative estimate of drug-likeness (QED) is 0.740. The Hall–Kier alpha value is -1.79. The van der Waals surface area contributed by atoms with Crippen molar-refractivity contribution in [3.63, 3.8) is 0 Å². The first kappa shape index (κ1) is 9.75. The summed E-state index contributed by atoms with van der Waals surface area (Å²) in [5.74, 6) is 0.709. The van der Waals surface area contributed by atoms with Crippen LogP contribution in [0.3, 0.4) is 0 Å². The maximum absolute atomic E-state index is 8.95. The number of methoxy groups -OCH3 is 1. The molecule has 15 heavy (non-hydrogen) atoms. The molecule has 0 N–H and O–H groups in total.